The smallest absolute Gasteiger partial charge is 0.256 e. The average molecular weight is 491 g/mol. The Balaban J connectivity index is 1.61. The Morgan fingerprint density at radius 2 is 2.09 bits per heavy atom. The van der Waals surface area contributed by atoms with Crippen LogP contribution in [0.2, 0.25) is 0 Å². The molecule has 0 bridgehead atoms. The number of hydrogen-bond donors (Lipinski definition) is 1. The van der Waals surface area contributed by atoms with Gasteiger partial charge in [-0.25, -0.2) is 9.67 Å². The van der Waals surface area contributed by atoms with E-state index in [-0.39, 0.29) is 18.1 Å². The molecule has 1 amide bonds. The van der Waals surface area contributed by atoms with Crippen LogP contribution < -0.4 is 14.8 Å². The number of rotatable bonds is 6. The molecule has 4 heterocycles. The van der Waals surface area contributed by atoms with Gasteiger partial charge in [-0.15, -0.1) is 11.3 Å². The quantitative estimate of drug-likeness (QED) is 0.342. The molecule has 0 aliphatic carbocycles. The van der Waals surface area contributed by atoms with E-state index in [4.69, 9.17) is 14.5 Å². The summed E-state index contributed by atoms with van der Waals surface area (Å²) in [5.41, 5.74) is 4.71. The Morgan fingerprint density at radius 1 is 1.29 bits per heavy atom. The lowest BCUT2D eigenvalue weighted by atomic mass is 10.1. The van der Waals surface area contributed by atoms with Crippen molar-refractivity contribution >= 4 is 34.0 Å². The van der Waals surface area contributed by atoms with Crippen molar-refractivity contribution in [3.63, 3.8) is 0 Å². The predicted molar refractivity (Wildman–Crippen MR) is 140 cm³/mol. The Kier molecular flexibility index (Phi) is 6.01. The first kappa shape index (κ1) is 23.4. The summed E-state index contributed by atoms with van der Waals surface area (Å²) in [6.07, 6.45) is 2.65. The Morgan fingerprint density at radius 3 is 2.77 bits per heavy atom. The van der Waals surface area contributed by atoms with Gasteiger partial charge in [-0.3, -0.25) is 4.79 Å². The van der Waals surface area contributed by atoms with Crippen LogP contribution in [-0.2, 0) is 6.42 Å². The Hall–Kier alpha value is -3.39. The molecule has 1 unspecified atom stereocenters. The highest BCUT2D eigenvalue weighted by molar-refractivity contribution is 7.12. The van der Waals surface area contributed by atoms with Crippen LogP contribution in [0.15, 0.2) is 30.5 Å². The number of carbonyl (C=O) groups excluding carboxylic acids is 1. The van der Waals surface area contributed by atoms with Gasteiger partial charge in [-0.05, 0) is 59.7 Å². The van der Waals surface area contributed by atoms with Gasteiger partial charge in [0.25, 0.3) is 5.91 Å². The van der Waals surface area contributed by atoms with E-state index in [0.717, 1.165) is 29.0 Å². The minimum absolute atomic E-state index is 0.104. The zero-order valence-electron chi connectivity index (χ0n) is 20.9. The fraction of sp³-hybridized carbons (Fsp3) is 0.370. The van der Waals surface area contributed by atoms with E-state index in [2.05, 4.69) is 44.2 Å². The van der Waals surface area contributed by atoms with Gasteiger partial charge >= 0.3 is 0 Å². The summed E-state index contributed by atoms with van der Waals surface area (Å²) in [7, 11) is 0. The number of ether oxygens (including phenoxy) is 2. The van der Waals surface area contributed by atoms with E-state index in [0.29, 0.717) is 34.6 Å². The summed E-state index contributed by atoms with van der Waals surface area (Å²) in [5, 5.41) is 8.34. The van der Waals surface area contributed by atoms with E-state index in [9.17, 15) is 4.79 Å². The molecule has 4 aromatic rings. The highest BCUT2D eigenvalue weighted by Crippen LogP contribution is 2.39. The van der Waals surface area contributed by atoms with E-state index < -0.39 is 0 Å². The van der Waals surface area contributed by atoms with Crippen molar-refractivity contribution in [1.29, 1.82) is 0 Å². The molecular weight excluding hydrogens is 460 g/mol. The fourth-order valence-electron chi connectivity index (χ4n) is 4.61. The van der Waals surface area contributed by atoms with E-state index in [1.807, 2.05) is 36.7 Å². The Labute approximate surface area is 209 Å². The second-order valence-electron chi connectivity index (χ2n) is 9.28. The summed E-state index contributed by atoms with van der Waals surface area (Å²) < 4.78 is 13.7. The summed E-state index contributed by atoms with van der Waals surface area (Å²) in [5.74, 6) is 1.19. The molecule has 3 aromatic heterocycles. The number of carbonyl (C=O) groups is 1. The molecule has 35 heavy (non-hydrogen) atoms. The second kappa shape index (κ2) is 9.00. The first-order chi connectivity index (χ1) is 16.7. The van der Waals surface area contributed by atoms with Crippen molar-refractivity contribution in [2.45, 2.75) is 60.1 Å². The number of benzene rings is 1. The van der Waals surface area contributed by atoms with Crippen molar-refractivity contribution < 1.29 is 14.3 Å². The predicted octanol–water partition coefficient (Wildman–Crippen LogP) is 6.33. The first-order valence-electron chi connectivity index (χ1n) is 12.0. The molecule has 0 radical (unpaired) electrons. The van der Waals surface area contributed by atoms with Gasteiger partial charge in [0.15, 0.2) is 5.65 Å². The number of fused-ring (bicyclic) bond motifs is 2. The number of pyridine rings is 1. The Bertz CT molecular complexity index is 1440. The zero-order valence-corrected chi connectivity index (χ0v) is 21.7. The lowest BCUT2D eigenvalue weighted by molar-refractivity contribution is 0.102. The third kappa shape index (κ3) is 4.27. The van der Waals surface area contributed by atoms with Crippen LogP contribution in [0, 0.1) is 13.8 Å². The van der Waals surface area contributed by atoms with Crippen LogP contribution in [0.4, 0.5) is 5.69 Å². The monoisotopic (exact) mass is 490 g/mol. The normalized spacial score (nSPS) is 14.9. The van der Waals surface area contributed by atoms with Crippen LogP contribution in [-0.4, -0.2) is 33.4 Å². The van der Waals surface area contributed by atoms with Crippen LogP contribution in [0.1, 0.15) is 59.4 Å². The highest BCUT2D eigenvalue weighted by Gasteiger charge is 2.24. The van der Waals surface area contributed by atoms with Crippen LogP contribution >= 0.6 is 11.3 Å². The molecule has 1 aliphatic heterocycles. The molecule has 0 saturated carbocycles. The highest BCUT2D eigenvalue weighted by atomic mass is 32.1. The van der Waals surface area contributed by atoms with Gasteiger partial charge in [0.05, 0.1) is 35.1 Å². The van der Waals surface area contributed by atoms with Crippen molar-refractivity contribution in [2.75, 3.05) is 11.9 Å². The third-order valence-electron chi connectivity index (χ3n) is 6.16. The summed E-state index contributed by atoms with van der Waals surface area (Å²) in [6.45, 7) is 12.7. The molecule has 0 saturated heterocycles. The van der Waals surface area contributed by atoms with Crippen LogP contribution in [0.5, 0.6) is 11.5 Å². The topological polar surface area (TPSA) is 78.3 Å². The maximum absolute atomic E-state index is 13.7. The van der Waals surface area contributed by atoms with Crippen molar-refractivity contribution in [1.82, 2.24) is 14.8 Å². The lowest BCUT2D eigenvalue weighted by Crippen LogP contribution is -2.14. The van der Waals surface area contributed by atoms with E-state index in [1.165, 1.54) is 9.75 Å². The zero-order chi connectivity index (χ0) is 24.9. The average Bonchev–Trinajstić information content (AvgIpc) is 3.48. The molecule has 1 aliphatic rings. The number of aromatic nitrogens is 3. The van der Waals surface area contributed by atoms with Gasteiger partial charge in [-0.2, -0.15) is 5.10 Å². The van der Waals surface area contributed by atoms with Gasteiger partial charge < -0.3 is 14.8 Å². The van der Waals surface area contributed by atoms with E-state index in [1.54, 1.807) is 17.5 Å². The molecule has 1 aromatic carbocycles. The second-order valence-corrected chi connectivity index (χ2v) is 10.7. The van der Waals surface area contributed by atoms with Crippen molar-refractivity contribution in [2.24, 2.45) is 0 Å². The van der Waals surface area contributed by atoms with Gasteiger partial charge in [0.1, 0.15) is 17.6 Å². The van der Waals surface area contributed by atoms with Crippen LogP contribution in [0.3, 0.4) is 0 Å². The molecular formula is C27H30N4O3S. The maximum Gasteiger partial charge on any atom is 0.256 e. The minimum Gasteiger partial charge on any atom is -0.492 e. The maximum atomic E-state index is 13.7. The van der Waals surface area contributed by atoms with Gasteiger partial charge in [-0.1, -0.05) is 0 Å². The number of nitrogens with one attached hydrogen (secondary N) is 1. The number of anilines is 1. The molecule has 0 fully saturated rings. The third-order valence-corrected chi connectivity index (χ3v) is 7.13. The SMILES string of the molecule is CCOc1cc2c(cc1NC(=O)c1cc(-c3cc(C)sc3C)nc3c1cnn3C(C)C)OC(C)C2. The molecule has 182 valence electrons. The largest absolute Gasteiger partial charge is 0.492 e. The lowest BCUT2D eigenvalue weighted by Gasteiger charge is -2.15. The summed E-state index contributed by atoms with van der Waals surface area (Å²) in [6, 6.07) is 7.94. The van der Waals surface area contributed by atoms with Crippen molar-refractivity contribution in [3.8, 4) is 22.8 Å². The molecule has 8 heteroatoms. The number of nitrogens with zero attached hydrogens (tertiary/aromatic N) is 3. The van der Waals surface area contributed by atoms with E-state index >= 15 is 0 Å². The van der Waals surface area contributed by atoms with Crippen molar-refractivity contribution in [3.05, 3.63) is 51.3 Å². The molecule has 1 N–H and O–H groups in total. The molecule has 5 rings (SSSR count). The minimum atomic E-state index is -0.237. The molecule has 0 spiro atoms. The summed E-state index contributed by atoms with van der Waals surface area (Å²) in [4.78, 5) is 21.0. The van der Waals surface area contributed by atoms with Gasteiger partial charge in [0, 0.05) is 39.4 Å². The standard InChI is InChI=1S/C27H30N4O3S/c1-7-33-25-10-18-8-15(4)34-24(18)12-23(25)30-27(32)20-11-22(19-9-16(5)35-17(19)6)29-26-21(20)13-28-31(26)14(2)3/h9-15H,7-8H2,1-6H3,(H,30,32). The van der Waals surface area contributed by atoms with Gasteiger partial charge in [0.2, 0.25) is 0 Å². The molecule has 7 nitrogen and oxygen atoms in total. The first-order valence-corrected chi connectivity index (χ1v) is 12.8. The number of thiophene rings is 1. The molecule has 1 atom stereocenters. The van der Waals surface area contributed by atoms with Crippen LogP contribution in [0.25, 0.3) is 22.3 Å². The number of amides is 1. The summed E-state index contributed by atoms with van der Waals surface area (Å²) >= 11 is 1.72. The number of hydrogen-bond acceptors (Lipinski definition) is 6. The number of aryl methyl sites for hydroxylation is 2. The fourth-order valence-corrected chi connectivity index (χ4v) is 5.54.